The van der Waals surface area contributed by atoms with E-state index >= 15 is 0 Å². The summed E-state index contributed by atoms with van der Waals surface area (Å²) in [5, 5.41) is 9.36. The van der Waals surface area contributed by atoms with Crippen LogP contribution in [0.15, 0.2) is 48.5 Å². The molecule has 2 aliphatic rings. The molecular weight excluding hydrogens is 324 g/mol. The first-order chi connectivity index (χ1) is 12.7. The lowest BCUT2D eigenvalue weighted by Crippen LogP contribution is -2.25. The van der Waals surface area contributed by atoms with Crippen molar-refractivity contribution in [2.75, 3.05) is 6.61 Å². The average molecular weight is 350 g/mol. The first-order valence-electron chi connectivity index (χ1n) is 9.71. The van der Waals surface area contributed by atoms with E-state index in [1.807, 2.05) is 18.2 Å². The fourth-order valence-corrected chi connectivity index (χ4v) is 4.43. The van der Waals surface area contributed by atoms with Crippen molar-refractivity contribution in [1.82, 2.24) is 0 Å². The van der Waals surface area contributed by atoms with E-state index < -0.39 is 0 Å². The van der Waals surface area contributed by atoms with E-state index in [9.17, 15) is 9.90 Å². The minimum absolute atomic E-state index is 0.0358. The first-order valence-corrected chi connectivity index (χ1v) is 9.71. The van der Waals surface area contributed by atoms with Crippen molar-refractivity contribution in [1.29, 1.82) is 0 Å². The van der Waals surface area contributed by atoms with Gasteiger partial charge in [-0.05, 0) is 72.8 Å². The van der Waals surface area contributed by atoms with Gasteiger partial charge in [0.1, 0.15) is 6.10 Å². The predicted octanol–water partition coefficient (Wildman–Crippen LogP) is 4.28. The Bertz CT molecular complexity index is 768. The van der Waals surface area contributed by atoms with Gasteiger partial charge in [0, 0.05) is 13.0 Å². The van der Waals surface area contributed by atoms with Crippen LogP contribution in [0.4, 0.5) is 0 Å². The zero-order valence-electron chi connectivity index (χ0n) is 15.1. The van der Waals surface area contributed by atoms with Crippen LogP contribution < -0.4 is 0 Å². The number of carbonyl (C=O) groups is 1. The van der Waals surface area contributed by atoms with Crippen LogP contribution in [0, 0.1) is 5.92 Å². The van der Waals surface area contributed by atoms with E-state index in [4.69, 9.17) is 4.74 Å². The number of hydrogen-bond acceptors (Lipinski definition) is 3. The largest absolute Gasteiger partial charge is 0.458 e. The van der Waals surface area contributed by atoms with Gasteiger partial charge in [-0.1, -0.05) is 36.4 Å². The normalized spacial score (nSPS) is 24.9. The van der Waals surface area contributed by atoms with E-state index in [0.717, 1.165) is 32.1 Å². The molecule has 0 amide bonds. The molecule has 0 heterocycles. The third-order valence-corrected chi connectivity index (χ3v) is 5.97. The topological polar surface area (TPSA) is 46.5 Å². The van der Waals surface area contributed by atoms with Gasteiger partial charge in [0.25, 0.3) is 0 Å². The Kier molecular flexibility index (Phi) is 5.07. The van der Waals surface area contributed by atoms with Crippen molar-refractivity contribution in [3.63, 3.8) is 0 Å². The second kappa shape index (κ2) is 7.63. The molecule has 0 bridgehead atoms. The van der Waals surface area contributed by atoms with Gasteiger partial charge in [0.15, 0.2) is 0 Å². The van der Waals surface area contributed by atoms with Gasteiger partial charge in [0.05, 0.1) is 5.56 Å². The highest BCUT2D eigenvalue weighted by Gasteiger charge is 2.27. The number of esters is 1. The number of ether oxygens (including phenoxy) is 1. The molecule has 0 saturated heterocycles. The molecule has 136 valence electrons. The average Bonchev–Trinajstić information content (AvgIpc) is 3.17. The van der Waals surface area contributed by atoms with Crippen LogP contribution in [0.1, 0.15) is 58.6 Å². The van der Waals surface area contributed by atoms with Crippen LogP contribution in [0.25, 0.3) is 0 Å². The number of benzene rings is 2. The SMILES string of the molecule is O=C(OC1CCc2cc(C3CCC(CO)C3)ccc2C1)c1ccccc1. The zero-order valence-corrected chi connectivity index (χ0v) is 15.1. The second-order valence-corrected chi connectivity index (χ2v) is 7.72. The molecule has 1 fully saturated rings. The van der Waals surface area contributed by atoms with Crippen LogP contribution in [0.3, 0.4) is 0 Å². The number of fused-ring (bicyclic) bond motifs is 1. The first kappa shape index (κ1) is 17.3. The standard InChI is InChI=1S/C23H26O3/c24-15-16-6-7-18(12-16)19-8-9-21-14-22(11-10-20(21)13-19)26-23(25)17-4-2-1-3-5-17/h1-5,8-9,13,16,18,22,24H,6-7,10-12,14-15H2. The lowest BCUT2D eigenvalue weighted by atomic mass is 9.85. The number of aryl methyl sites for hydroxylation is 1. The molecule has 2 aliphatic carbocycles. The smallest absolute Gasteiger partial charge is 0.338 e. The summed E-state index contributed by atoms with van der Waals surface area (Å²) in [6.45, 7) is 0.315. The van der Waals surface area contributed by atoms with Gasteiger partial charge in [0.2, 0.25) is 0 Å². The number of hydrogen-bond donors (Lipinski definition) is 1. The molecule has 0 radical (unpaired) electrons. The molecule has 2 aromatic carbocycles. The maximum Gasteiger partial charge on any atom is 0.338 e. The van der Waals surface area contributed by atoms with Gasteiger partial charge in [-0.25, -0.2) is 4.79 Å². The Morgan fingerprint density at radius 2 is 1.88 bits per heavy atom. The molecule has 1 N–H and O–H groups in total. The summed E-state index contributed by atoms with van der Waals surface area (Å²) in [4.78, 5) is 12.3. The summed E-state index contributed by atoms with van der Waals surface area (Å²) in [5.74, 6) is 0.834. The molecule has 0 spiro atoms. The maximum absolute atomic E-state index is 12.3. The van der Waals surface area contributed by atoms with E-state index in [1.54, 1.807) is 12.1 Å². The van der Waals surface area contributed by atoms with E-state index in [1.165, 1.54) is 23.1 Å². The van der Waals surface area contributed by atoms with Gasteiger partial charge >= 0.3 is 5.97 Å². The number of aliphatic hydroxyl groups excluding tert-OH is 1. The molecule has 4 rings (SSSR count). The summed E-state index contributed by atoms with van der Waals surface area (Å²) in [6.07, 6.45) is 6.04. The molecular formula is C23H26O3. The summed E-state index contributed by atoms with van der Waals surface area (Å²) >= 11 is 0. The molecule has 3 unspecified atom stereocenters. The Morgan fingerprint density at radius 1 is 1.04 bits per heavy atom. The highest BCUT2D eigenvalue weighted by Crippen LogP contribution is 2.39. The molecule has 3 heteroatoms. The Morgan fingerprint density at radius 3 is 2.65 bits per heavy atom. The Balaban J connectivity index is 1.41. The van der Waals surface area contributed by atoms with Crippen molar-refractivity contribution in [3.05, 3.63) is 70.8 Å². The third kappa shape index (κ3) is 3.68. The van der Waals surface area contributed by atoms with Crippen molar-refractivity contribution in [2.24, 2.45) is 5.92 Å². The van der Waals surface area contributed by atoms with Crippen LogP contribution >= 0.6 is 0 Å². The highest BCUT2D eigenvalue weighted by molar-refractivity contribution is 5.89. The van der Waals surface area contributed by atoms with E-state index in [-0.39, 0.29) is 12.1 Å². The van der Waals surface area contributed by atoms with Crippen molar-refractivity contribution >= 4 is 5.97 Å². The number of aliphatic hydroxyl groups is 1. The summed E-state index contributed by atoms with van der Waals surface area (Å²) < 4.78 is 5.73. The third-order valence-electron chi connectivity index (χ3n) is 5.97. The molecule has 0 aliphatic heterocycles. The van der Waals surface area contributed by atoms with Gasteiger partial charge in [-0.3, -0.25) is 0 Å². The molecule has 2 aromatic rings. The van der Waals surface area contributed by atoms with Crippen LogP contribution in [-0.2, 0) is 17.6 Å². The summed E-state index contributed by atoms with van der Waals surface area (Å²) in [6, 6.07) is 16.0. The lowest BCUT2D eigenvalue weighted by Gasteiger charge is -2.26. The van der Waals surface area contributed by atoms with Crippen LogP contribution in [0.5, 0.6) is 0 Å². The quantitative estimate of drug-likeness (QED) is 0.837. The second-order valence-electron chi connectivity index (χ2n) is 7.72. The zero-order chi connectivity index (χ0) is 17.9. The molecule has 0 aromatic heterocycles. The van der Waals surface area contributed by atoms with Crippen molar-refractivity contribution in [2.45, 2.75) is 50.5 Å². The van der Waals surface area contributed by atoms with E-state index in [2.05, 4.69) is 18.2 Å². The van der Waals surface area contributed by atoms with Crippen LogP contribution in [-0.4, -0.2) is 23.8 Å². The van der Waals surface area contributed by atoms with Crippen molar-refractivity contribution < 1.29 is 14.6 Å². The molecule has 1 saturated carbocycles. The lowest BCUT2D eigenvalue weighted by molar-refractivity contribution is 0.0271. The van der Waals surface area contributed by atoms with Crippen molar-refractivity contribution in [3.8, 4) is 0 Å². The summed E-state index contributed by atoms with van der Waals surface area (Å²) in [7, 11) is 0. The van der Waals surface area contributed by atoms with Gasteiger partial charge in [-0.2, -0.15) is 0 Å². The maximum atomic E-state index is 12.3. The van der Waals surface area contributed by atoms with Crippen LogP contribution in [0.2, 0.25) is 0 Å². The highest BCUT2D eigenvalue weighted by atomic mass is 16.5. The fourth-order valence-electron chi connectivity index (χ4n) is 4.43. The van der Waals surface area contributed by atoms with Gasteiger partial charge in [-0.15, -0.1) is 0 Å². The van der Waals surface area contributed by atoms with Gasteiger partial charge < -0.3 is 9.84 Å². The molecule has 3 atom stereocenters. The number of rotatable bonds is 4. The Labute approximate surface area is 155 Å². The minimum atomic E-state index is -0.225. The fraction of sp³-hybridized carbons (Fsp3) is 0.435. The number of carbonyl (C=O) groups excluding carboxylic acids is 1. The minimum Gasteiger partial charge on any atom is -0.458 e. The Hall–Kier alpha value is -2.13. The molecule has 26 heavy (non-hydrogen) atoms. The predicted molar refractivity (Wildman–Crippen MR) is 101 cm³/mol. The van der Waals surface area contributed by atoms with E-state index in [0.29, 0.717) is 24.0 Å². The molecule has 3 nitrogen and oxygen atoms in total. The monoisotopic (exact) mass is 350 g/mol. The summed E-state index contributed by atoms with van der Waals surface area (Å²) in [5.41, 5.74) is 4.75.